The minimum Gasteiger partial charge on any atom is -0.493 e. The third-order valence-electron chi connectivity index (χ3n) is 4.75. The van der Waals surface area contributed by atoms with Gasteiger partial charge in [-0.05, 0) is 43.0 Å². The SMILES string of the molecule is Cc1cc(Cl)ccc1OCCCC(=O)N1CCN(C(C#N)C(C)C)CC1. The van der Waals surface area contributed by atoms with Gasteiger partial charge in [-0.25, -0.2) is 0 Å². The highest BCUT2D eigenvalue weighted by Crippen LogP contribution is 2.22. The lowest BCUT2D eigenvalue weighted by molar-refractivity contribution is -0.133. The summed E-state index contributed by atoms with van der Waals surface area (Å²) in [5, 5.41) is 10.00. The Morgan fingerprint density at radius 2 is 2.00 bits per heavy atom. The lowest BCUT2D eigenvalue weighted by atomic mass is 10.0. The van der Waals surface area contributed by atoms with Crippen LogP contribution in [0.2, 0.25) is 5.02 Å². The molecule has 1 atom stereocenters. The van der Waals surface area contributed by atoms with Gasteiger partial charge >= 0.3 is 0 Å². The summed E-state index contributed by atoms with van der Waals surface area (Å²) in [6, 6.07) is 7.85. The van der Waals surface area contributed by atoms with Gasteiger partial charge in [0.15, 0.2) is 0 Å². The van der Waals surface area contributed by atoms with Crippen molar-refractivity contribution in [3.05, 3.63) is 28.8 Å². The maximum Gasteiger partial charge on any atom is 0.222 e. The molecule has 1 aliphatic heterocycles. The Bertz CT molecular complexity index is 649. The molecule has 26 heavy (non-hydrogen) atoms. The summed E-state index contributed by atoms with van der Waals surface area (Å²) in [5.41, 5.74) is 0.997. The molecule has 0 aliphatic carbocycles. The number of carbonyl (C=O) groups excluding carboxylic acids is 1. The number of halogens is 1. The van der Waals surface area contributed by atoms with Crippen molar-refractivity contribution in [1.82, 2.24) is 9.80 Å². The second-order valence-electron chi connectivity index (χ2n) is 7.10. The molecule has 2 rings (SSSR count). The molecule has 0 bridgehead atoms. The van der Waals surface area contributed by atoms with E-state index in [-0.39, 0.29) is 11.9 Å². The summed E-state index contributed by atoms with van der Waals surface area (Å²) in [6.07, 6.45) is 1.17. The third kappa shape index (κ3) is 5.62. The fraction of sp³-hybridized carbons (Fsp3) is 0.600. The summed E-state index contributed by atoms with van der Waals surface area (Å²) in [7, 11) is 0. The highest BCUT2D eigenvalue weighted by molar-refractivity contribution is 6.30. The second-order valence-corrected chi connectivity index (χ2v) is 7.53. The molecule has 1 fully saturated rings. The van der Waals surface area contributed by atoms with Gasteiger partial charge in [0.05, 0.1) is 12.7 Å². The number of amides is 1. The molecule has 6 heteroatoms. The number of hydrogen-bond donors (Lipinski definition) is 0. The zero-order valence-electron chi connectivity index (χ0n) is 15.9. The fourth-order valence-corrected chi connectivity index (χ4v) is 3.47. The molecule has 1 amide bonds. The average molecular weight is 378 g/mol. The van der Waals surface area contributed by atoms with Gasteiger partial charge in [0.1, 0.15) is 11.8 Å². The number of ether oxygens (including phenoxy) is 1. The molecule has 1 unspecified atom stereocenters. The number of hydrogen-bond acceptors (Lipinski definition) is 4. The zero-order valence-corrected chi connectivity index (χ0v) is 16.6. The van der Waals surface area contributed by atoms with Crippen LogP contribution in [-0.2, 0) is 4.79 Å². The summed E-state index contributed by atoms with van der Waals surface area (Å²) < 4.78 is 5.75. The molecule has 1 aromatic carbocycles. The number of rotatable bonds is 7. The normalized spacial score (nSPS) is 16.4. The van der Waals surface area contributed by atoms with Gasteiger partial charge in [0, 0.05) is 37.6 Å². The summed E-state index contributed by atoms with van der Waals surface area (Å²) in [4.78, 5) is 16.5. The molecule has 0 N–H and O–H groups in total. The number of nitriles is 1. The number of benzene rings is 1. The molecule has 0 radical (unpaired) electrons. The third-order valence-corrected chi connectivity index (χ3v) is 4.99. The smallest absolute Gasteiger partial charge is 0.222 e. The van der Waals surface area contributed by atoms with Gasteiger partial charge in [-0.15, -0.1) is 0 Å². The fourth-order valence-electron chi connectivity index (χ4n) is 3.24. The Labute approximate surface area is 161 Å². The lowest BCUT2D eigenvalue weighted by Crippen LogP contribution is -2.52. The molecular formula is C20H28ClN3O2. The van der Waals surface area contributed by atoms with Crippen LogP contribution in [0.3, 0.4) is 0 Å². The first kappa shape index (κ1) is 20.5. The van der Waals surface area contributed by atoms with Crippen LogP contribution in [0.4, 0.5) is 0 Å². The van der Waals surface area contributed by atoms with Crippen LogP contribution < -0.4 is 4.74 Å². The Kier molecular flexibility index (Phi) is 7.74. The van der Waals surface area contributed by atoms with Crippen LogP contribution in [0.25, 0.3) is 0 Å². The molecular weight excluding hydrogens is 350 g/mol. The first-order chi connectivity index (χ1) is 12.4. The quantitative estimate of drug-likeness (QED) is 0.682. The topological polar surface area (TPSA) is 56.6 Å². The number of nitrogens with zero attached hydrogens (tertiary/aromatic N) is 3. The van der Waals surface area contributed by atoms with Crippen LogP contribution >= 0.6 is 11.6 Å². The largest absolute Gasteiger partial charge is 0.493 e. The predicted octanol–water partition coefficient (Wildman–Crippen LogP) is 3.50. The molecule has 0 aromatic heterocycles. The average Bonchev–Trinajstić information content (AvgIpc) is 2.61. The van der Waals surface area contributed by atoms with E-state index in [2.05, 4.69) is 24.8 Å². The van der Waals surface area contributed by atoms with E-state index in [0.717, 1.165) is 24.4 Å². The van der Waals surface area contributed by atoms with E-state index in [1.807, 2.05) is 24.0 Å². The molecule has 1 saturated heterocycles. The van der Waals surface area contributed by atoms with Crippen LogP contribution in [0, 0.1) is 24.2 Å². The van der Waals surface area contributed by atoms with Gasteiger partial charge in [-0.2, -0.15) is 5.26 Å². The Hall–Kier alpha value is -1.77. The Morgan fingerprint density at radius 3 is 2.58 bits per heavy atom. The van der Waals surface area contributed by atoms with Crippen LogP contribution in [0.1, 0.15) is 32.3 Å². The lowest BCUT2D eigenvalue weighted by Gasteiger charge is -2.38. The van der Waals surface area contributed by atoms with Crippen molar-refractivity contribution in [2.24, 2.45) is 5.92 Å². The van der Waals surface area contributed by atoms with Gasteiger partial charge in [-0.1, -0.05) is 25.4 Å². The van der Waals surface area contributed by atoms with Crippen molar-refractivity contribution in [1.29, 1.82) is 5.26 Å². The minimum absolute atomic E-state index is 0.0664. The van der Waals surface area contributed by atoms with Gasteiger partial charge in [0.25, 0.3) is 0 Å². The van der Waals surface area contributed by atoms with Crippen LogP contribution in [0.5, 0.6) is 5.75 Å². The molecule has 1 heterocycles. The molecule has 0 saturated carbocycles. The predicted molar refractivity (Wildman–Crippen MR) is 103 cm³/mol. The maximum absolute atomic E-state index is 12.4. The van der Waals surface area contributed by atoms with E-state index in [1.54, 1.807) is 6.07 Å². The molecule has 1 aromatic rings. The monoisotopic (exact) mass is 377 g/mol. The van der Waals surface area contributed by atoms with Crippen molar-refractivity contribution < 1.29 is 9.53 Å². The van der Waals surface area contributed by atoms with Gasteiger partial charge in [0.2, 0.25) is 5.91 Å². The van der Waals surface area contributed by atoms with E-state index < -0.39 is 0 Å². The Balaban J connectivity index is 1.70. The molecule has 0 spiro atoms. The first-order valence-corrected chi connectivity index (χ1v) is 9.60. The first-order valence-electron chi connectivity index (χ1n) is 9.22. The van der Waals surface area contributed by atoms with Gasteiger partial charge < -0.3 is 9.64 Å². The molecule has 1 aliphatic rings. The second kappa shape index (κ2) is 9.80. The van der Waals surface area contributed by atoms with Crippen molar-refractivity contribution in [3.63, 3.8) is 0 Å². The van der Waals surface area contributed by atoms with Crippen molar-refractivity contribution in [2.75, 3.05) is 32.8 Å². The highest BCUT2D eigenvalue weighted by Gasteiger charge is 2.27. The number of piperazine rings is 1. The number of carbonyl (C=O) groups is 1. The summed E-state index contributed by atoms with van der Waals surface area (Å²) >= 11 is 5.94. The van der Waals surface area contributed by atoms with E-state index >= 15 is 0 Å². The molecule has 5 nitrogen and oxygen atoms in total. The standard InChI is InChI=1S/C20H28ClN3O2/c1-15(2)18(14-22)23-8-10-24(11-9-23)20(25)5-4-12-26-19-7-6-17(21)13-16(19)3/h6-7,13,15,18H,4-5,8-12H2,1-3H3. The van der Waals surface area contributed by atoms with Crippen molar-refractivity contribution >= 4 is 17.5 Å². The zero-order chi connectivity index (χ0) is 19.1. The summed E-state index contributed by atoms with van der Waals surface area (Å²) in [6.45, 7) is 9.52. The van der Waals surface area contributed by atoms with E-state index in [0.29, 0.717) is 43.5 Å². The Morgan fingerprint density at radius 1 is 1.31 bits per heavy atom. The van der Waals surface area contributed by atoms with E-state index in [9.17, 15) is 10.1 Å². The number of aryl methyl sites for hydroxylation is 1. The van der Waals surface area contributed by atoms with Crippen LogP contribution in [-0.4, -0.2) is 54.5 Å². The van der Waals surface area contributed by atoms with Gasteiger partial charge in [-0.3, -0.25) is 9.69 Å². The summed E-state index contributed by atoms with van der Waals surface area (Å²) in [5.74, 6) is 1.28. The van der Waals surface area contributed by atoms with Crippen molar-refractivity contribution in [2.45, 2.75) is 39.7 Å². The van der Waals surface area contributed by atoms with Crippen molar-refractivity contribution in [3.8, 4) is 11.8 Å². The van der Waals surface area contributed by atoms with E-state index in [4.69, 9.17) is 16.3 Å². The molecule has 142 valence electrons. The maximum atomic E-state index is 12.4. The highest BCUT2D eigenvalue weighted by atomic mass is 35.5. The van der Waals surface area contributed by atoms with E-state index in [1.165, 1.54) is 0 Å². The minimum atomic E-state index is -0.0664. The van der Waals surface area contributed by atoms with Crippen LogP contribution in [0.15, 0.2) is 18.2 Å².